The van der Waals surface area contributed by atoms with Crippen LogP contribution in [0.5, 0.6) is 0 Å². The summed E-state index contributed by atoms with van der Waals surface area (Å²) >= 11 is 0. The quantitative estimate of drug-likeness (QED) is 0.764. The maximum absolute atomic E-state index is 12.3. The van der Waals surface area contributed by atoms with Crippen molar-refractivity contribution in [2.45, 2.75) is 18.8 Å². The molecular weight excluding hydrogens is 266 g/mol. The Labute approximate surface area is 119 Å². The molecule has 1 atom stereocenters. The van der Waals surface area contributed by atoms with Crippen LogP contribution in [0.15, 0.2) is 24.3 Å². The number of aliphatic carboxylic acids is 2. The van der Waals surface area contributed by atoms with Crippen LogP contribution in [0.25, 0.3) is 0 Å². The standard InChI is InChI=1S/C13H11NO6/c15-10(16)6-5-9(13(19)20)14-11(17)7-3-1-2-4-8(7)12(14)18/h1-4,9H,5-6H2,(H,15,16)(H,19,20)/i5D2,6D2. The Hall–Kier alpha value is -2.70. The number of carboxylic acid groups (broad SMARTS) is 2. The molecular formula is C13H11NO6. The summed E-state index contributed by atoms with van der Waals surface area (Å²) in [4.78, 5) is 47.1. The van der Waals surface area contributed by atoms with Crippen molar-refractivity contribution in [2.75, 3.05) is 0 Å². The van der Waals surface area contributed by atoms with E-state index in [0.29, 0.717) is 0 Å². The van der Waals surface area contributed by atoms with E-state index in [0.717, 1.165) is 0 Å². The predicted molar refractivity (Wildman–Crippen MR) is 65.2 cm³/mol. The Morgan fingerprint density at radius 2 is 1.65 bits per heavy atom. The van der Waals surface area contributed by atoms with Crippen LogP contribution in [0.1, 0.15) is 38.9 Å². The van der Waals surface area contributed by atoms with Crippen molar-refractivity contribution in [3.05, 3.63) is 35.4 Å². The number of carbonyl (C=O) groups excluding carboxylic acids is 2. The fourth-order valence-electron chi connectivity index (χ4n) is 1.81. The molecule has 7 nitrogen and oxygen atoms in total. The van der Waals surface area contributed by atoms with Crippen LogP contribution in [0, 0.1) is 0 Å². The Balaban J connectivity index is 2.59. The van der Waals surface area contributed by atoms with E-state index < -0.39 is 42.5 Å². The van der Waals surface area contributed by atoms with Crippen molar-refractivity contribution in [1.29, 1.82) is 0 Å². The van der Waals surface area contributed by atoms with E-state index in [4.69, 9.17) is 10.6 Å². The van der Waals surface area contributed by atoms with Crippen LogP contribution in [-0.4, -0.2) is 44.9 Å². The molecule has 0 aromatic heterocycles. The topological polar surface area (TPSA) is 112 Å². The van der Waals surface area contributed by atoms with E-state index in [-0.39, 0.29) is 16.0 Å². The van der Waals surface area contributed by atoms with Gasteiger partial charge in [-0.2, -0.15) is 0 Å². The van der Waals surface area contributed by atoms with Crippen LogP contribution in [0.2, 0.25) is 0 Å². The maximum atomic E-state index is 12.3. The number of rotatable bonds is 5. The number of benzene rings is 1. The molecule has 0 radical (unpaired) electrons. The Kier molecular flexibility index (Phi) is 2.37. The SMILES string of the molecule is [2H]C([2H])(C(=O)O)C([2H])([2H])C(C(=O)O)N1C(=O)c2ccccc2C1=O. The van der Waals surface area contributed by atoms with Crippen molar-refractivity contribution < 1.29 is 34.9 Å². The Bertz CT molecular complexity index is 728. The van der Waals surface area contributed by atoms with E-state index in [9.17, 15) is 24.3 Å². The molecule has 0 fully saturated rings. The van der Waals surface area contributed by atoms with Gasteiger partial charge in [-0.05, 0) is 18.5 Å². The van der Waals surface area contributed by atoms with Gasteiger partial charge >= 0.3 is 11.9 Å². The summed E-state index contributed by atoms with van der Waals surface area (Å²) in [6, 6.07) is 2.63. The summed E-state index contributed by atoms with van der Waals surface area (Å²) in [6.45, 7) is 0. The number of hydrogen-bond acceptors (Lipinski definition) is 4. The molecule has 20 heavy (non-hydrogen) atoms. The van der Waals surface area contributed by atoms with Gasteiger partial charge in [0.05, 0.1) is 11.1 Å². The third kappa shape index (κ3) is 2.25. The average Bonchev–Trinajstić information content (AvgIpc) is 2.72. The number of amides is 2. The summed E-state index contributed by atoms with van der Waals surface area (Å²) in [7, 11) is 0. The molecule has 1 heterocycles. The zero-order valence-electron chi connectivity index (χ0n) is 13.9. The van der Waals surface area contributed by atoms with Gasteiger partial charge in [-0.3, -0.25) is 19.3 Å². The fraction of sp³-hybridized carbons (Fsp3) is 0.231. The average molecular weight is 281 g/mol. The lowest BCUT2D eigenvalue weighted by Gasteiger charge is -2.21. The molecule has 0 saturated carbocycles. The van der Waals surface area contributed by atoms with E-state index >= 15 is 0 Å². The third-order valence-electron chi connectivity index (χ3n) is 2.63. The minimum absolute atomic E-state index is 0.0494. The van der Waals surface area contributed by atoms with Gasteiger partial charge in [-0.25, -0.2) is 4.79 Å². The molecule has 1 aromatic carbocycles. The molecule has 2 N–H and O–H groups in total. The van der Waals surface area contributed by atoms with Gasteiger partial charge in [0, 0.05) is 11.9 Å². The van der Waals surface area contributed by atoms with Crippen molar-refractivity contribution in [3.8, 4) is 0 Å². The molecule has 1 aliphatic heterocycles. The van der Waals surface area contributed by atoms with Gasteiger partial charge in [0.2, 0.25) is 0 Å². The summed E-state index contributed by atoms with van der Waals surface area (Å²) < 4.78 is 30.1. The molecule has 0 bridgehead atoms. The number of carbonyl (C=O) groups is 4. The molecule has 1 unspecified atom stereocenters. The minimum Gasteiger partial charge on any atom is -0.481 e. The van der Waals surface area contributed by atoms with Crippen LogP contribution in [0.3, 0.4) is 0 Å². The van der Waals surface area contributed by atoms with Gasteiger partial charge in [-0.1, -0.05) is 12.1 Å². The molecule has 1 aliphatic rings. The summed E-state index contributed by atoms with van der Waals surface area (Å²) in [5, 5.41) is 18.1. The summed E-state index contributed by atoms with van der Waals surface area (Å²) in [6.07, 6.45) is -7.25. The molecule has 104 valence electrons. The van der Waals surface area contributed by atoms with Gasteiger partial charge in [0.25, 0.3) is 11.8 Å². The number of carboxylic acids is 2. The van der Waals surface area contributed by atoms with Crippen LogP contribution >= 0.6 is 0 Å². The molecule has 7 heteroatoms. The molecule has 2 rings (SSSR count). The van der Waals surface area contributed by atoms with Gasteiger partial charge in [0.1, 0.15) is 6.04 Å². The van der Waals surface area contributed by atoms with Crippen molar-refractivity contribution >= 4 is 23.8 Å². The van der Waals surface area contributed by atoms with E-state index in [1.807, 2.05) is 0 Å². The van der Waals surface area contributed by atoms with Gasteiger partial charge in [-0.15, -0.1) is 0 Å². The molecule has 2 amide bonds. The second-order valence-corrected chi connectivity index (χ2v) is 3.84. The zero-order valence-corrected chi connectivity index (χ0v) is 9.86. The predicted octanol–water partition coefficient (Wildman–Crippen LogP) is 0.601. The maximum Gasteiger partial charge on any atom is 0.326 e. The molecule has 0 saturated heterocycles. The first kappa shape index (κ1) is 9.24. The zero-order chi connectivity index (χ0) is 18.4. The lowest BCUT2D eigenvalue weighted by Crippen LogP contribution is -2.45. The van der Waals surface area contributed by atoms with Crippen molar-refractivity contribution in [2.24, 2.45) is 0 Å². The van der Waals surface area contributed by atoms with Crippen LogP contribution in [0.4, 0.5) is 0 Å². The third-order valence-corrected chi connectivity index (χ3v) is 2.63. The normalized spacial score (nSPS) is 19.5. The second kappa shape index (κ2) is 5.12. The lowest BCUT2D eigenvalue weighted by atomic mass is 10.1. The first-order valence-corrected chi connectivity index (χ1v) is 5.37. The minimum atomic E-state index is -3.66. The number of imide groups is 1. The fourth-order valence-corrected chi connectivity index (χ4v) is 1.81. The highest BCUT2D eigenvalue weighted by Gasteiger charge is 2.42. The van der Waals surface area contributed by atoms with Crippen LogP contribution in [-0.2, 0) is 9.59 Å². The molecule has 0 aliphatic carbocycles. The number of fused-ring (bicyclic) bond motifs is 1. The second-order valence-electron chi connectivity index (χ2n) is 3.84. The highest BCUT2D eigenvalue weighted by Crippen LogP contribution is 2.26. The lowest BCUT2D eigenvalue weighted by molar-refractivity contribution is -0.142. The van der Waals surface area contributed by atoms with Gasteiger partial charge in [0.15, 0.2) is 0 Å². The van der Waals surface area contributed by atoms with Crippen LogP contribution < -0.4 is 0 Å². The largest absolute Gasteiger partial charge is 0.481 e. The van der Waals surface area contributed by atoms with E-state index in [1.54, 1.807) is 0 Å². The number of nitrogens with zero attached hydrogens (tertiary/aromatic N) is 1. The Morgan fingerprint density at radius 1 is 1.15 bits per heavy atom. The molecule has 1 aromatic rings. The highest BCUT2D eigenvalue weighted by molar-refractivity contribution is 6.22. The summed E-state index contributed by atoms with van der Waals surface area (Å²) in [5.74, 6) is -6.56. The smallest absolute Gasteiger partial charge is 0.326 e. The van der Waals surface area contributed by atoms with Gasteiger partial charge < -0.3 is 10.2 Å². The van der Waals surface area contributed by atoms with E-state index in [2.05, 4.69) is 0 Å². The highest BCUT2D eigenvalue weighted by atomic mass is 16.4. The summed E-state index contributed by atoms with van der Waals surface area (Å²) in [5.41, 5.74) is -0.333. The van der Waals surface area contributed by atoms with Crippen molar-refractivity contribution in [1.82, 2.24) is 4.90 Å². The monoisotopic (exact) mass is 281 g/mol. The molecule has 0 spiro atoms. The number of hydrogen-bond donors (Lipinski definition) is 2. The van der Waals surface area contributed by atoms with Crippen molar-refractivity contribution in [3.63, 3.8) is 0 Å². The first-order chi connectivity index (χ1) is 10.9. The Morgan fingerprint density at radius 3 is 2.05 bits per heavy atom. The first-order valence-electron chi connectivity index (χ1n) is 7.37. The van der Waals surface area contributed by atoms with E-state index in [1.165, 1.54) is 24.3 Å².